The fraction of sp³-hybridized carbons (Fsp3) is 0.909. The van der Waals surface area contributed by atoms with Gasteiger partial charge in [0, 0.05) is 11.8 Å². The third-order valence-electron chi connectivity index (χ3n) is 2.40. The summed E-state index contributed by atoms with van der Waals surface area (Å²) in [5.74, 6) is -3.22. The van der Waals surface area contributed by atoms with Crippen LogP contribution in [0.3, 0.4) is 0 Å². The molecule has 0 amide bonds. The molecular formula is C11H21BrO4. The first-order chi connectivity index (χ1) is 7.48. The molecule has 0 radical (unpaired) electrons. The van der Waals surface area contributed by atoms with Crippen LogP contribution in [0, 0.1) is 0 Å². The highest BCUT2D eigenvalue weighted by Gasteiger charge is 2.25. The zero-order valence-corrected chi connectivity index (χ0v) is 11.1. The molecule has 0 heterocycles. The van der Waals surface area contributed by atoms with Gasteiger partial charge in [0.1, 0.15) is 0 Å². The predicted octanol–water partition coefficient (Wildman–Crippen LogP) is 2.27. The van der Waals surface area contributed by atoms with E-state index in [9.17, 15) is 15.0 Å². The SMILES string of the molecule is O=C(O)CC(O)(O)CCCCCCCCBr. The summed E-state index contributed by atoms with van der Waals surface area (Å²) < 4.78 is 0. The molecule has 0 saturated carbocycles. The van der Waals surface area contributed by atoms with E-state index in [1.54, 1.807) is 0 Å². The highest BCUT2D eigenvalue weighted by atomic mass is 79.9. The second-order valence-electron chi connectivity index (χ2n) is 4.11. The van der Waals surface area contributed by atoms with Gasteiger partial charge in [0.25, 0.3) is 0 Å². The van der Waals surface area contributed by atoms with E-state index in [0.717, 1.165) is 24.6 Å². The molecule has 3 N–H and O–H groups in total. The van der Waals surface area contributed by atoms with Gasteiger partial charge in [-0.2, -0.15) is 0 Å². The number of hydrogen-bond donors (Lipinski definition) is 3. The molecule has 0 saturated heterocycles. The van der Waals surface area contributed by atoms with E-state index in [-0.39, 0.29) is 6.42 Å². The fourth-order valence-electron chi connectivity index (χ4n) is 1.54. The second-order valence-corrected chi connectivity index (χ2v) is 4.91. The van der Waals surface area contributed by atoms with Crippen molar-refractivity contribution in [2.75, 3.05) is 5.33 Å². The average Bonchev–Trinajstić information content (AvgIpc) is 2.14. The Balaban J connectivity index is 3.39. The molecule has 0 fully saturated rings. The fourth-order valence-corrected chi connectivity index (χ4v) is 1.94. The Bertz CT molecular complexity index is 194. The monoisotopic (exact) mass is 296 g/mol. The van der Waals surface area contributed by atoms with E-state index < -0.39 is 18.2 Å². The minimum absolute atomic E-state index is 0.137. The molecular weight excluding hydrogens is 276 g/mol. The molecule has 0 aliphatic heterocycles. The number of carboxylic acids is 1. The maximum Gasteiger partial charge on any atom is 0.308 e. The van der Waals surface area contributed by atoms with Crippen molar-refractivity contribution in [3.8, 4) is 0 Å². The lowest BCUT2D eigenvalue weighted by Crippen LogP contribution is -2.31. The van der Waals surface area contributed by atoms with Crippen molar-refractivity contribution in [1.82, 2.24) is 0 Å². The Kier molecular flexibility index (Phi) is 8.89. The largest absolute Gasteiger partial charge is 0.481 e. The summed E-state index contributed by atoms with van der Waals surface area (Å²) >= 11 is 3.36. The van der Waals surface area contributed by atoms with Crippen molar-refractivity contribution in [2.45, 2.75) is 57.2 Å². The van der Waals surface area contributed by atoms with Crippen molar-refractivity contribution in [2.24, 2.45) is 0 Å². The summed E-state index contributed by atoms with van der Waals surface area (Å²) in [4.78, 5) is 10.3. The van der Waals surface area contributed by atoms with E-state index in [1.807, 2.05) is 0 Å². The van der Waals surface area contributed by atoms with E-state index >= 15 is 0 Å². The third-order valence-corrected chi connectivity index (χ3v) is 2.96. The van der Waals surface area contributed by atoms with Crippen LogP contribution >= 0.6 is 15.9 Å². The van der Waals surface area contributed by atoms with Crippen LogP contribution in [0.4, 0.5) is 0 Å². The Morgan fingerprint density at radius 2 is 1.50 bits per heavy atom. The lowest BCUT2D eigenvalue weighted by atomic mass is 10.0. The van der Waals surface area contributed by atoms with E-state index in [0.29, 0.717) is 6.42 Å². The zero-order valence-electron chi connectivity index (χ0n) is 9.49. The van der Waals surface area contributed by atoms with Crippen LogP contribution < -0.4 is 0 Å². The van der Waals surface area contributed by atoms with Gasteiger partial charge in [0.15, 0.2) is 5.79 Å². The van der Waals surface area contributed by atoms with Crippen molar-refractivity contribution >= 4 is 21.9 Å². The van der Waals surface area contributed by atoms with Crippen LogP contribution in [0.2, 0.25) is 0 Å². The molecule has 0 aromatic rings. The van der Waals surface area contributed by atoms with Crippen LogP contribution in [0.5, 0.6) is 0 Å². The van der Waals surface area contributed by atoms with Crippen LogP contribution in [0.25, 0.3) is 0 Å². The molecule has 0 bridgehead atoms. The standard InChI is InChI=1S/C11H21BrO4/c12-8-6-4-2-1-3-5-7-11(15,16)9-10(13)14/h15-16H,1-9H2,(H,13,14). The molecule has 0 aromatic heterocycles. The van der Waals surface area contributed by atoms with Gasteiger partial charge in [-0.3, -0.25) is 4.79 Å². The topological polar surface area (TPSA) is 77.8 Å². The first kappa shape index (κ1) is 15.9. The number of carbonyl (C=O) groups is 1. The van der Waals surface area contributed by atoms with Gasteiger partial charge in [0.2, 0.25) is 0 Å². The number of unbranched alkanes of at least 4 members (excludes halogenated alkanes) is 5. The second kappa shape index (κ2) is 8.96. The number of rotatable bonds is 10. The summed E-state index contributed by atoms with van der Waals surface area (Å²) in [6, 6.07) is 0. The third kappa shape index (κ3) is 10.4. The van der Waals surface area contributed by atoms with Crippen molar-refractivity contribution in [3.63, 3.8) is 0 Å². The van der Waals surface area contributed by atoms with Crippen LogP contribution in [0.15, 0.2) is 0 Å². The molecule has 0 aliphatic carbocycles. The van der Waals surface area contributed by atoms with Crippen molar-refractivity contribution in [1.29, 1.82) is 0 Å². The number of carboxylic acid groups (broad SMARTS) is 1. The molecule has 4 nitrogen and oxygen atoms in total. The van der Waals surface area contributed by atoms with Crippen LogP contribution in [0.1, 0.15) is 51.4 Å². The summed E-state index contributed by atoms with van der Waals surface area (Å²) in [5.41, 5.74) is 0. The minimum atomic E-state index is -2.04. The highest BCUT2D eigenvalue weighted by Crippen LogP contribution is 2.17. The number of aliphatic hydroxyl groups is 2. The number of halogens is 1. The molecule has 0 spiro atoms. The van der Waals surface area contributed by atoms with Crippen LogP contribution in [-0.4, -0.2) is 32.4 Å². The first-order valence-electron chi connectivity index (χ1n) is 5.70. The van der Waals surface area contributed by atoms with Crippen molar-refractivity contribution < 1.29 is 20.1 Å². The number of aliphatic carboxylic acids is 1. The molecule has 0 aliphatic rings. The Morgan fingerprint density at radius 3 is 2.00 bits per heavy atom. The number of alkyl halides is 1. The van der Waals surface area contributed by atoms with Gasteiger partial charge in [-0.1, -0.05) is 41.6 Å². The minimum Gasteiger partial charge on any atom is -0.481 e. The van der Waals surface area contributed by atoms with E-state index in [1.165, 1.54) is 12.8 Å². The predicted molar refractivity (Wildman–Crippen MR) is 65.5 cm³/mol. The van der Waals surface area contributed by atoms with Gasteiger partial charge in [-0.15, -0.1) is 0 Å². The van der Waals surface area contributed by atoms with Crippen molar-refractivity contribution in [3.05, 3.63) is 0 Å². The zero-order chi connectivity index (χ0) is 12.4. The lowest BCUT2D eigenvalue weighted by molar-refractivity contribution is -0.184. The summed E-state index contributed by atoms with van der Waals surface area (Å²) in [6.45, 7) is 0. The quantitative estimate of drug-likeness (QED) is 0.328. The molecule has 0 aromatic carbocycles. The highest BCUT2D eigenvalue weighted by molar-refractivity contribution is 9.09. The summed E-state index contributed by atoms with van der Waals surface area (Å²) in [6.07, 6.45) is 5.69. The van der Waals surface area contributed by atoms with Gasteiger partial charge in [-0.05, 0) is 12.8 Å². The maximum absolute atomic E-state index is 10.3. The smallest absolute Gasteiger partial charge is 0.308 e. The Hall–Kier alpha value is -0.130. The summed E-state index contributed by atoms with van der Waals surface area (Å²) in [7, 11) is 0. The first-order valence-corrected chi connectivity index (χ1v) is 6.82. The van der Waals surface area contributed by atoms with Crippen LogP contribution in [-0.2, 0) is 4.79 Å². The molecule has 0 atom stereocenters. The Labute approximate surface area is 105 Å². The van der Waals surface area contributed by atoms with Gasteiger partial charge in [-0.25, -0.2) is 0 Å². The molecule has 0 rings (SSSR count). The van der Waals surface area contributed by atoms with E-state index in [2.05, 4.69) is 15.9 Å². The van der Waals surface area contributed by atoms with Gasteiger partial charge >= 0.3 is 5.97 Å². The average molecular weight is 297 g/mol. The summed E-state index contributed by atoms with van der Waals surface area (Å²) in [5, 5.41) is 28.0. The molecule has 16 heavy (non-hydrogen) atoms. The van der Waals surface area contributed by atoms with Gasteiger partial charge < -0.3 is 15.3 Å². The normalized spacial score (nSPS) is 11.7. The molecule has 5 heteroatoms. The maximum atomic E-state index is 10.3. The molecule has 0 unspecified atom stereocenters. The molecule has 96 valence electrons. The van der Waals surface area contributed by atoms with Gasteiger partial charge in [0.05, 0.1) is 6.42 Å². The Morgan fingerprint density at radius 1 is 1.00 bits per heavy atom. The number of hydrogen-bond acceptors (Lipinski definition) is 3. The van der Waals surface area contributed by atoms with E-state index in [4.69, 9.17) is 5.11 Å². The lowest BCUT2D eigenvalue weighted by Gasteiger charge is -2.19.